The predicted octanol–water partition coefficient (Wildman–Crippen LogP) is 5.41. The van der Waals surface area contributed by atoms with Gasteiger partial charge in [-0.25, -0.2) is 4.98 Å². The first-order valence-corrected chi connectivity index (χ1v) is 15.8. The molecule has 0 fully saturated rings. The Bertz CT molecular complexity index is 1540. The molecule has 0 spiro atoms. The van der Waals surface area contributed by atoms with Crippen LogP contribution in [0.15, 0.2) is 54.0 Å². The Hall–Kier alpha value is -4.12. The summed E-state index contributed by atoms with van der Waals surface area (Å²) < 4.78 is 17.0. The molecule has 10 nitrogen and oxygen atoms in total. The number of thioether (sulfide) groups is 1. The number of aromatic amines is 1. The summed E-state index contributed by atoms with van der Waals surface area (Å²) in [6.07, 6.45) is 2.79. The highest BCUT2D eigenvalue weighted by atomic mass is 32.2. The molecule has 3 N–H and O–H groups in total. The number of hydrogen-bond acceptors (Lipinski definition) is 9. The molecule has 0 bridgehead atoms. The molecular formula is C33H41N5O5S. The Morgan fingerprint density at radius 3 is 2.50 bits per heavy atom. The van der Waals surface area contributed by atoms with Crippen molar-refractivity contribution < 1.29 is 23.8 Å². The normalized spacial score (nSPS) is 17.3. The fourth-order valence-electron chi connectivity index (χ4n) is 6.01. The summed E-state index contributed by atoms with van der Waals surface area (Å²) in [5, 5.41) is 6.68. The van der Waals surface area contributed by atoms with Crippen LogP contribution in [0.1, 0.15) is 49.7 Å². The van der Waals surface area contributed by atoms with E-state index in [0.717, 1.165) is 45.5 Å². The Morgan fingerprint density at radius 1 is 1.11 bits per heavy atom. The van der Waals surface area contributed by atoms with Crippen LogP contribution in [0.5, 0.6) is 17.2 Å². The maximum Gasteiger partial charge on any atom is 0.239 e. The summed E-state index contributed by atoms with van der Waals surface area (Å²) in [6.45, 7) is 6.77. The van der Waals surface area contributed by atoms with Gasteiger partial charge in [-0.05, 0) is 48.6 Å². The van der Waals surface area contributed by atoms with Crippen LogP contribution in [0, 0.1) is 12.3 Å². The van der Waals surface area contributed by atoms with Gasteiger partial charge in [0.2, 0.25) is 11.7 Å². The number of imidazole rings is 1. The Labute approximate surface area is 262 Å². The number of amides is 1. The number of carbonyl (C=O) groups excluding carboxylic acids is 2. The van der Waals surface area contributed by atoms with Crippen LogP contribution in [-0.2, 0) is 15.3 Å². The van der Waals surface area contributed by atoms with Crippen molar-refractivity contribution in [3.63, 3.8) is 0 Å². The lowest BCUT2D eigenvalue weighted by Crippen LogP contribution is -2.42. The second-order valence-corrected chi connectivity index (χ2v) is 12.9. The number of hydrogen-bond donors (Lipinski definition) is 3. The molecule has 11 heteroatoms. The lowest BCUT2D eigenvalue weighted by atomic mass is 9.73. The molecule has 2 aromatic carbocycles. The molecule has 3 aromatic rings. The van der Waals surface area contributed by atoms with Crippen molar-refractivity contribution in [3.05, 3.63) is 70.9 Å². The third-order valence-corrected chi connectivity index (χ3v) is 9.03. The minimum Gasteiger partial charge on any atom is -0.493 e. The number of nitrogens with one attached hydrogen (secondary N) is 3. The molecule has 0 saturated carbocycles. The minimum absolute atomic E-state index is 0.0383. The minimum atomic E-state index is -0.582. The van der Waals surface area contributed by atoms with E-state index in [4.69, 9.17) is 14.2 Å². The molecule has 1 atom stereocenters. The number of fused-ring (bicyclic) bond motifs is 1. The van der Waals surface area contributed by atoms with E-state index in [0.29, 0.717) is 42.2 Å². The highest BCUT2D eigenvalue weighted by molar-refractivity contribution is 7.98. The average Bonchev–Trinajstić information content (AvgIpc) is 3.35. The molecule has 2 heterocycles. The van der Waals surface area contributed by atoms with E-state index < -0.39 is 6.04 Å². The van der Waals surface area contributed by atoms with E-state index in [1.807, 2.05) is 48.2 Å². The van der Waals surface area contributed by atoms with Crippen molar-refractivity contribution in [1.29, 1.82) is 0 Å². The van der Waals surface area contributed by atoms with Gasteiger partial charge in [-0.15, -0.1) is 0 Å². The van der Waals surface area contributed by atoms with Gasteiger partial charge in [-0.1, -0.05) is 26.0 Å². The monoisotopic (exact) mass is 619 g/mol. The van der Waals surface area contributed by atoms with Crippen LogP contribution in [0.25, 0.3) is 0 Å². The fraction of sp³-hybridized carbons (Fsp3) is 0.424. The molecule has 2 aliphatic rings. The van der Waals surface area contributed by atoms with Crippen molar-refractivity contribution in [2.75, 3.05) is 50.4 Å². The first-order chi connectivity index (χ1) is 21.2. The maximum atomic E-state index is 14.0. The number of ketones is 1. The topological polar surface area (TPSA) is 118 Å². The molecular weight excluding hydrogens is 578 g/mol. The van der Waals surface area contributed by atoms with Gasteiger partial charge in [0.15, 0.2) is 17.3 Å². The van der Waals surface area contributed by atoms with Crippen molar-refractivity contribution in [2.45, 2.75) is 45.4 Å². The van der Waals surface area contributed by atoms with Gasteiger partial charge >= 0.3 is 0 Å². The van der Waals surface area contributed by atoms with Crippen molar-refractivity contribution in [1.82, 2.24) is 15.3 Å². The molecule has 0 radical (unpaired) electrons. The van der Waals surface area contributed by atoms with Gasteiger partial charge in [0.25, 0.3) is 0 Å². The van der Waals surface area contributed by atoms with Gasteiger partial charge in [0.05, 0.1) is 57.3 Å². The summed E-state index contributed by atoms with van der Waals surface area (Å²) in [6, 6.07) is 11.0. The van der Waals surface area contributed by atoms with Gasteiger partial charge < -0.3 is 34.7 Å². The van der Waals surface area contributed by atoms with Crippen LogP contribution in [0.3, 0.4) is 0 Å². The molecule has 1 unspecified atom stereocenters. The summed E-state index contributed by atoms with van der Waals surface area (Å²) in [4.78, 5) is 37.1. The number of Topliss-reactive ketones (excluding diaryl/α,β-unsaturated/α-hetero) is 1. The molecule has 1 aliphatic carbocycles. The van der Waals surface area contributed by atoms with Crippen molar-refractivity contribution in [2.24, 2.45) is 5.41 Å². The number of carbonyl (C=O) groups is 2. The first-order valence-electron chi connectivity index (χ1n) is 14.7. The number of ether oxygens (including phenoxy) is 3. The number of allylic oxidation sites excluding steroid dienone is 1. The van der Waals surface area contributed by atoms with Crippen LogP contribution >= 0.6 is 11.8 Å². The molecule has 1 aliphatic heterocycles. The number of rotatable bonds is 11. The Balaban J connectivity index is 1.51. The summed E-state index contributed by atoms with van der Waals surface area (Å²) >= 11 is 1.72. The highest BCUT2D eigenvalue weighted by Crippen LogP contribution is 2.50. The van der Waals surface area contributed by atoms with E-state index in [9.17, 15) is 9.59 Å². The average molecular weight is 620 g/mol. The number of para-hydroxylation sites is 2. The highest BCUT2D eigenvalue weighted by Gasteiger charge is 2.42. The smallest absolute Gasteiger partial charge is 0.239 e. The molecule has 1 aromatic heterocycles. The van der Waals surface area contributed by atoms with E-state index in [1.54, 1.807) is 39.4 Å². The Kier molecular flexibility index (Phi) is 9.43. The van der Waals surface area contributed by atoms with Crippen molar-refractivity contribution in [3.8, 4) is 17.2 Å². The summed E-state index contributed by atoms with van der Waals surface area (Å²) in [5.41, 5.74) is 5.81. The van der Waals surface area contributed by atoms with Crippen LogP contribution in [0.4, 0.5) is 11.4 Å². The molecule has 44 heavy (non-hydrogen) atoms. The standard InChI is InChI=1S/C33H41N5O5S/c1-20-24(36-19-35-20)18-44-12-11-34-29(40)17-38-25-10-8-7-9-22(25)37-23-15-33(2,3)16-26(39)30(23)31(38)21-13-27(41-4)32(43-6)28(14-21)42-5/h7-10,13-14,19,31,37H,11-12,15-18H2,1-6H3,(H,34,40)(H,35,36). The lowest BCUT2D eigenvalue weighted by molar-refractivity contribution is -0.120. The van der Waals surface area contributed by atoms with E-state index in [1.165, 1.54) is 0 Å². The number of aryl methyl sites for hydroxylation is 1. The second kappa shape index (κ2) is 13.3. The fourth-order valence-corrected chi connectivity index (χ4v) is 6.88. The number of aromatic nitrogens is 2. The molecule has 1 amide bonds. The van der Waals surface area contributed by atoms with Crippen molar-refractivity contribution >= 4 is 34.8 Å². The lowest BCUT2D eigenvalue weighted by Gasteiger charge is -2.38. The maximum absolute atomic E-state index is 14.0. The number of H-pyrrole nitrogens is 1. The van der Waals surface area contributed by atoms with E-state index in [-0.39, 0.29) is 23.7 Å². The Morgan fingerprint density at radius 2 is 1.84 bits per heavy atom. The quantitative estimate of drug-likeness (QED) is 0.242. The number of methoxy groups -OCH3 is 3. The molecule has 0 saturated heterocycles. The third-order valence-electron chi connectivity index (χ3n) is 8.06. The van der Waals surface area contributed by atoms with Crippen LogP contribution in [0.2, 0.25) is 0 Å². The zero-order valence-electron chi connectivity index (χ0n) is 26.2. The molecule has 234 valence electrons. The van der Waals surface area contributed by atoms with E-state index in [2.05, 4.69) is 34.4 Å². The van der Waals surface area contributed by atoms with Gasteiger partial charge in [0.1, 0.15) is 0 Å². The van der Waals surface area contributed by atoms with Gasteiger partial charge in [-0.2, -0.15) is 11.8 Å². The van der Waals surface area contributed by atoms with Crippen LogP contribution in [-0.4, -0.2) is 61.8 Å². The summed E-state index contributed by atoms with van der Waals surface area (Å²) in [5.74, 6) is 2.85. The number of benzene rings is 2. The molecule has 5 rings (SSSR count). The zero-order valence-corrected chi connectivity index (χ0v) is 27.0. The SMILES string of the molecule is COc1cc(C2C3=C(CC(C)(C)CC3=O)Nc3ccccc3N2CC(=O)NCCSCc2nc[nH]c2C)cc(OC)c1OC. The first kappa shape index (κ1) is 31.3. The van der Waals surface area contributed by atoms with E-state index >= 15 is 0 Å². The van der Waals surface area contributed by atoms with Gasteiger partial charge in [0, 0.05) is 41.4 Å². The number of anilines is 2. The largest absolute Gasteiger partial charge is 0.493 e. The zero-order chi connectivity index (χ0) is 31.4. The van der Waals surface area contributed by atoms with Crippen LogP contribution < -0.4 is 29.7 Å². The third kappa shape index (κ3) is 6.52. The second-order valence-electron chi connectivity index (χ2n) is 11.8. The number of nitrogens with zero attached hydrogens (tertiary/aromatic N) is 2. The van der Waals surface area contributed by atoms with Gasteiger partial charge in [-0.3, -0.25) is 9.59 Å². The summed E-state index contributed by atoms with van der Waals surface area (Å²) in [7, 11) is 4.70. The predicted molar refractivity (Wildman–Crippen MR) is 174 cm³/mol.